The Morgan fingerprint density at radius 1 is 1.50 bits per heavy atom. The second-order valence-electron chi connectivity index (χ2n) is 3.62. The topological polar surface area (TPSA) is 89.7 Å². The van der Waals surface area contributed by atoms with E-state index in [9.17, 15) is 14.9 Å². The molecule has 2 rings (SSSR count). The molecule has 1 saturated carbocycles. The Morgan fingerprint density at radius 2 is 2.19 bits per heavy atom. The van der Waals surface area contributed by atoms with E-state index in [0.717, 1.165) is 12.8 Å². The average Bonchev–Trinajstić information content (AvgIpc) is 3.00. The summed E-state index contributed by atoms with van der Waals surface area (Å²) in [6, 6.07) is 3.96. The molecule has 0 atom stereocenters. The number of nitrogens with zero attached hydrogens (tertiary/aromatic N) is 1. The van der Waals surface area contributed by atoms with Gasteiger partial charge in [-0.3, -0.25) is 10.1 Å². The highest BCUT2D eigenvalue weighted by Gasteiger charge is 2.29. The van der Waals surface area contributed by atoms with Gasteiger partial charge in [0.05, 0.1) is 4.92 Å². The molecule has 1 aliphatic carbocycles. The summed E-state index contributed by atoms with van der Waals surface area (Å²) in [6.07, 6.45) is 0.421. The lowest BCUT2D eigenvalue weighted by Crippen LogP contribution is -2.05. The first-order valence-electron chi connectivity index (χ1n) is 4.77. The van der Waals surface area contributed by atoms with Crippen LogP contribution in [0.15, 0.2) is 18.2 Å². The van der Waals surface area contributed by atoms with Crippen molar-refractivity contribution in [1.82, 2.24) is 0 Å². The fraction of sp³-hybridized carbons (Fsp3) is 0.300. The molecule has 6 nitrogen and oxygen atoms in total. The van der Waals surface area contributed by atoms with Crippen LogP contribution >= 0.6 is 0 Å². The van der Waals surface area contributed by atoms with Crippen molar-refractivity contribution < 1.29 is 19.6 Å². The van der Waals surface area contributed by atoms with Crippen LogP contribution in [-0.2, 0) is 0 Å². The van der Waals surface area contributed by atoms with Gasteiger partial charge in [0.1, 0.15) is 5.75 Å². The van der Waals surface area contributed by atoms with E-state index in [2.05, 4.69) is 4.74 Å². The molecule has 0 saturated heterocycles. The molecule has 1 aliphatic rings. The Labute approximate surface area is 90.6 Å². The number of hydrogen-bond donors (Lipinski definition) is 1. The van der Waals surface area contributed by atoms with Gasteiger partial charge in [-0.2, -0.15) is 0 Å². The maximum atomic E-state index is 10.6. The molecule has 0 aromatic heterocycles. The van der Waals surface area contributed by atoms with Crippen molar-refractivity contribution >= 4 is 11.8 Å². The summed E-state index contributed by atoms with van der Waals surface area (Å²) in [5.41, 5.74) is 0.566. The number of hydrogen-bond acceptors (Lipinski definition) is 4. The zero-order valence-corrected chi connectivity index (χ0v) is 8.25. The van der Waals surface area contributed by atoms with Crippen LogP contribution in [0.25, 0.3) is 0 Å². The molecule has 0 radical (unpaired) electrons. The number of carbonyl (C=O) groups is 1. The van der Waals surface area contributed by atoms with E-state index in [4.69, 9.17) is 5.11 Å². The normalized spacial score (nSPS) is 14.5. The van der Waals surface area contributed by atoms with Gasteiger partial charge < -0.3 is 9.84 Å². The van der Waals surface area contributed by atoms with E-state index >= 15 is 0 Å². The van der Waals surface area contributed by atoms with Gasteiger partial charge in [0.25, 0.3) is 5.69 Å². The van der Waals surface area contributed by atoms with E-state index in [1.54, 1.807) is 0 Å². The number of ether oxygens (including phenoxy) is 1. The Kier molecular flexibility index (Phi) is 2.47. The maximum Gasteiger partial charge on any atom is 0.511 e. The van der Waals surface area contributed by atoms with Crippen molar-refractivity contribution in [1.29, 1.82) is 0 Å². The maximum absolute atomic E-state index is 10.6. The van der Waals surface area contributed by atoms with Crippen LogP contribution in [0.2, 0.25) is 0 Å². The Bertz CT molecular complexity index is 453. The van der Waals surface area contributed by atoms with Crippen LogP contribution in [0.3, 0.4) is 0 Å². The molecular weight excluding hydrogens is 214 g/mol. The van der Waals surface area contributed by atoms with Gasteiger partial charge in [0.15, 0.2) is 0 Å². The molecule has 1 aromatic carbocycles. The molecular formula is C10H9NO5. The molecule has 6 heteroatoms. The number of rotatable bonds is 3. The highest BCUT2D eigenvalue weighted by Crippen LogP contribution is 2.45. The van der Waals surface area contributed by atoms with Crippen LogP contribution in [-0.4, -0.2) is 16.2 Å². The van der Waals surface area contributed by atoms with Crippen LogP contribution in [0.1, 0.15) is 24.3 Å². The van der Waals surface area contributed by atoms with E-state index in [1.165, 1.54) is 18.2 Å². The van der Waals surface area contributed by atoms with Crippen LogP contribution in [0.5, 0.6) is 5.75 Å². The lowest BCUT2D eigenvalue weighted by molar-refractivity contribution is -0.384. The van der Waals surface area contributed by atoms with Crippen molar-refractivity contribution in [3.05, 3.63) is 33.9 Å². The molecule has 0 amide bonds. The minimum absolute atomic E-state index is 0.0420. The predicted octanol–water partition coefficient (Wildman–Crippen LogP) is 2.53. The summed E-state index contributed by atoms with van der Waals surface area (Å²) in [7, 11) is 0. The molecule has 1 aromatic rings. The fourth-order valence-corrected chi connectivity index (χ4v) is 1.55. The number of nitro groups is 1. The quantitative estimate of drug-likeness (QED) is 0.368. The molecule has 1 N–H and O–H groups in total. The standard InChI is InChI=1S/C10H9NO5/c12-10(13)16-9-4-3-7(11(14)15)5-8(9)6-1-2-6/h3-6H,1-2H2,(H,12,13). The smallest absolute Gasteiger partial charge is 0.449 e. The second kappa shape index (κ2) is 3.80. The first-order chi connectivity index (χ1) is 7.58. The number of non-ortho nitro benzene ring substituents is 1. The van der Waals surface area contributed by atoms with Crippen LogP contribution in [0, 0.1) is 10.1 Å². The first-order valence-corrected chi connectivity index (χ1v) is 4.77. The summed E-state index contributed by atoms with van der Waals surface area (Å²) in [5, 5.41) is 19.1. The summed E-state index contributed by atoms with van der Waals surface area (Å²) in [5.74, 6) is 0.384. The summed E-state index contributed by atoms with van der Waals surface area (Å²) in [4.78, 5) is 20.5. The van der Waals surface area contributed by atoms with Gasteiger partial charge in [-0.15, -0.1) is 0 Å². The molecule has 0 heterocycles. The van der Waals surface area contributed by atoms with Crippen molar-refractivity contribution in [3.63, 3.8) is 0 Å². The fourth-order valence-electron chi connectivity index (χ4n) is 1.55. The minimum atomic E-state index is -1.41. The molecule has 16 heavy (non-hydrogen) atoms. The summed E-state index contributed by atoms with van der Waals surface area (Å²) < 4.78 is 4.58. The monoisotopic (exact) mass is 223 g/mol. The Hall–Kier alpha value is -2.11. The molecule has 0 bridgehead atoms. The minimum Gasteiger partial charge on any atom is -0.449 e. The molecule has 0 unspecified atom stereocenters. The molecule has 84 valence electrons. The molecule has 0 spiro atoms. The Morgan fingerprint density at radius 3 is 2.69 bits per heavy atom. The lowest BCUT2D eigenvalue weighted by Gasteiger charge is -2.06. The van der Waals surface area contributed by atoms with E-state index in [-0.39, 0.29) is 17.4 Å². The third kappa shape index (κ3) is 2.10. The van der Waals surface area contributed by atoms with Crippen LogP contribution < -0.4 is 4.74 Å². The van der Waals surface area contributed by atoms with Gasteiger partial charge in [0.2, 0.25) is 0 Å². The van der Waals surface area contributed by atoms with E-state index < -0.39 is 11.1 Å². The number of nitro benzene ring substituents is 1. The van der Waals surface area contributed by atoms with Gasteiger partial charge in [-0.1, -0.05) is 0 Å². The predicted molar refractivity (Wildman–Crippen MR) is 53.7 cm³/mol. The zero-order valence-electron chi connectivity index (χ0n) is 8.25. The lowest BCUT2D eigenvalue weighted by atomic mass is 10.1. The SMILES string of the molecule is O=C(O)Oc1ccc([N+](=O)[O-])cc1C1CC1. The van der Waals surface area contributed by atoms with Crippen molar-refractivity contribution in [2.45, 2.75) is 18.8 Å². The first kappa shape index (κ1) is 10.4. The highest BCUT2D eigenvalue weighted by atomic mass is 16.7. The highest BCUT2D eigenvalue weighted by molar-refractivity contribution is 5.63. The largest absolute Gasteiger partial charge is 0.511 e. The molecule has 0 aliphatic heterocycles. The average molecular weight is 223 g/mol. The third-order valence-corrected chi connectivity index (χ3v) is 2.42. The number of carboxylic acid groups (broad SMARTS) is 1. The van der Waals surface area contributed by atoms with Crippen LogP contribution in [0.4, 0.5) is 10.5 Å². The zero-order chi connectivity index (χ0) is 11.7. The second-order valence-corrected chi connectivity index (χ2v) is 3.62. The van der Waals surface area contributed by atoms with Crippen molar-refractivity contribution in [3.8, 4) is 5.75 Å². The summed E-state index contributed by atoms with van der Waals surface area (Å²) in [6.45, 7) is 0. The van der Waals surface area contributed by atoms with Gasteiger partial charge in [0, 0.05) is 17.7 Å². The Balaban J connectivity index is 2.37. The van der Waals surface area contributed by atoms with Gasteiger partial charge in [-0.05, 0) is 24.8 Å². The van der Waals surface area contributed by atoms with Crippen molar-refractivity contribution in [2.75, 3.05) is 0 Å². The third-order valence-electron chi connectivity index (χ3n) is 2.42. The van der Waals surface area contributed by atoms with Gasteiger partial charge in [-0.25, -0.2) is 4.79 Å². The van der Waals surface area contributed by atoms with E-state index in [1.807, 2.05) is 0 Å². The van der Waals surface area contributed by atoms with Gasteiger partial charge >= 0.3 is 6.16 Å². The molecule has 1 fully saturated rings. The summed E-state index contributed by atoms with van der Waals surface area (Å²) >= 11 is 0. The van der Waals surface area contributed by atoms with E-state index in [0.29, 0.717) is 5.56 Å². The number of benzene rings is 1. The van der Waals surface area contributed by atoms with Crippen molar-refractivity contribution in [2.24, 2.45) is 0 Å².